The van der Waals surface area contributed by atoms with Crippen LogP contribution in [0.3, 0.4) is 0 Å². The van der Waals surface area contributed by atoms with Crippen LogP contribution in [-0.4, -0.2) is 18.8 Å². The van der Waals surface area contributed by atoms with E-state index in [1.165, 1.54) is 135 Å². The van der Waals surface area contributed by atoms with Gasteiger partial charge in [-0.1, -0.05) is 147 Å². The zero-order valence-corrected chi connectivity index (χ0v) is 33.2. The number of hydrogen-bond acceptors (Lipinski definition) is 3. The molecular formula is C55H44BN3. The smallest absolute Gasteiger partial charge is 0.252 e. The van der Waals surface area contributed by atoms with Crippen molar-refractivity contribution in [3.63, 3.8) is 0 Å². The number of hydrogen-bond donors (Lipinski definition) is 0. The Bertz CT molecular complexity index is 2810. The van der Waals surface area contributed by atoms with Crippen molar-refractivity contribution >= 4 is 62.9 Å². The van der Waals surface area contributed by atoms with E-state index in [2.05, 4.69) is 160 Å². The maximum atomic E-state index is 2.89. The van der Waals surface area contributed by atoms with Gasteiger partial charge in [-0.15, -0.1) is 0 Å². The molecule has 1 spiro atoms. The highest BCUT2D eigenvalue weighted by molar-refractivity contribution is 7.00. The van der Waals surface area contributed by atoms with Crippen LogP contribution in [0.5, 0.6) is 0 Å². The van der Waals surface area contributed by atoms with Crippen molar-refractivity contribution in [3.8, 4) is 11.1 Å². The predicted molar refractivity (Wildman–Crippen MR) is 244 cm³/mol. The van der Waals surface area contributed by atoms with Crippen LogP contribution in [0.4, 0.5) is 39.8 Å². The average molecular weight is 758 g/mol. The minimum atomic E-state index is -0.416. The molecule has 8 aliphatic rings. The average Bonchev–Trinajstić information content (AvgIpc) is 3.93. The van der Waals surface area contributed by atoms with Crippen molar-refractivity contribution in [1.29, 1.82) is 0 Å². The zero-order chi connectivity index (χ0) is 38.1. The van der Waals surface area contributed by atoms with Gasteiger partial charge in [0.1, 0.15) is 0 Å². The predicted octanol–water partition coefficient (Wildman–Crippen LogP) is 11.3. The van der Waals surface area contributed by atoms with Crippen LogP contribution in [-0.2, 0) is 5.41 Å². The van der Waals surface area contributed by atoms with Gasteiger partial charge in [-0.25, -0.2) is 0 Å². The van der Waals surface area contributed by atoms with E-state index in [0.29, 0.717) is 23.9 Å². The zero-order valence-electron chi connectivity index (χ0n) is 33.2. The first kappa shape index (κ1) is 31.9. The van der Waals surface area contributed by atoms with Crippen LogP contribution in [0.2, 0.25) is 0 Å². The minimum absolute atomic E-state index is 0.238. The van der Waals surface area contributed by atoms with Crippen molar-refractivity contribution in [1.82, 2.24) is 0 Å². The third-order valence-corrected chi connectivity index (χ3v) is 16.5. The second-order valence-corrected chi connectivity index (χ2v) is 18.8. The molecule has 4 atom stereocenters. The van der Waals surface area contributed by atoms with Gasteiger partial charge in [0.15, 0.2) is 0 Å². The van der Waals surface area contributed by atoms with Gasteiger partial charge < -0.3 is 14.7 Å². The summed E-state index contributed by atoms with van der Waals surface area (Å²) in [6, 6.07) is 58.2. The second kappa shape index (κ2) is 11.2. The molecule has 5 heterocycles. The van der Waals surface area contributed by atoms with Gasteiger partial charge in [-0.2, -0.15) is 0 Å². The number of rotatable bonds is 1. The van der Waals surface area contributed by atoms with E-state index in [-0.39, 0.29) is 6.71 Å². The van der Waals surface area contributed by atoms with Crippen LogP contribution in [0.1, 0.15) is 96.6 Å². The van der Waals surface area contributed by atoms with E-state index in [1.807, 2.05) is 0 Å². The maximum absolute atomic E-state index is 2.89. The second-order valence-electron chi connectivity index (χ2n) is 18.8. The fraction of sp³-hybridized carbons (Fsp3) is 0.236. The number of benzene rings is 7. The maximum Gasteiger partial charge on any atom is 0.252 e. The molecule has 0 amide bonds. The fourth-order valence-electron chi connectivity index (χ4n) is 14.5. The van der Waals surface area contributed by atoms with Crippen molar-refractivity contribution in [2.24, 2.45) is 0 Å². The van der Waals surface area contributed by atoms with Gasteiger partial charge in [-0.3, -0.25) is 0 Å². The highest BCUT2D eigenvalue weighted by atomic mass is 15.3. The molecule has 4 heteroatoms. The first-order valence-electron chi connectivity index (χ1n) is 22.5. The minimum Gasteiger partial charge on any atom is -0.338 e. The molecule has 282 valence electrons. The van der Waals surface area contributed by atoms with E-state index in [4.69, 9.17) is 0 Å². The standard InChI is InChI=1S/C55H44BN3/c1-5-21-40-34(15-1)35-16-2-6-22-41(35)55(40)42-23-7-11-29-48(42)57(49-30-12-8-24-43(49)55)33-31-50-52-51(32-33)59-47-28-10-4-18-37(47)39-20-14-26-45(54(39)59)56(52)44-25-13-19-38-36-17-3-9-27-46(36)58(50)53(38)44/h1-2,5-8,11-16,19-26,29-32,36-37,46-47H,3-4,9-10,17-18,27-28H2. The van der Waals surface area contributed by atoms with Gasteiger partial charge in [0.2, 0.25) is 0 Å². The molecule has 0 radical (unpaired) electrons. The lowest BCUT2D eigenvalue weighted by Gasteiger charge is -2.48. The Morgan fingerprint density at radius 2 is 0.898 bits per heavy atom. The molecule has 0 bridgehead atoms. The van der Waals surface area contributed by atoms with Crippen LogP contribution < -0.4 is 31.1 Å². The molecule has 59 heavy (non-hydrogen) atoms. The van der Waals surface area contributed by atoms with Gasteiger partial charge in [-0.05, 0) is 111 Å². The molecule has 3 nitrogen and oxygen atoms in total. The molecule has 2 saturated carbocycles. The third-order valence-electron chi connectivity index (χ3n) is 16.5. The third kappa shape index (κ3) is 3.68. The number of anilines is 7. The van der Waals surface area contributed by atoms with Crippen molar-refractivity contribution in [3.05, 3.63) is 179 Å². The molecule has 3 aliphatic carbocycles. The van der Waals surface area contributed by atoms with Gasteiger partial charge in [0.25, 0.3) is 6.71 Å². The van der Waals surface area contributed by atoms with Crippen LogP contribution in [0.15, 0.2) is 146 Å². The van der Waals surface area contributed by atoms with E-state index >= 15 is 0 Å². The lowest BCUT2D eigenvalue weighted by Crippen LogP contribution is -2.63. The Kier molecular flexibility index (Phi) is 6.05. The van der Waals surface area contributed by atoms with Crippen LogP contribution in [0, 0.1) is 0 Å². The molecular weight excluding hydrogens is 713 g/mol. The van der Waals surface area contributed by atoms with Gasteiger partial charge in [0.05, 0.1) is 22.5 Å². The summed E-state index contributed by atoms with van der Waals surface area (Å²) in [5, 5.41) is 0. The van der Waals surface area contributed by atoms with Crippen LogP contribution in [0.25, 0.3) is 11.1 Å². The van der Waals surface area contributed by atoms with Crippen LogP contribution >= 0.6 is 0 Å². The quantitative estimate of drug-likeness (QED) is 0.154. The first-order chi connectivity index (χ1) is 29.3. The van der Waals surface area contributed by atoms with E-state index in [9.17, 15) is 0 Å². The van der Waals surface area contributed by atoms with Gasteiger partial charge in [0, 0.05) is 46.7 Å². The summed E-state index contributed by atoms with van der Waals surface area (Å²) < 4.78 is 0. The lowest BCUT2D eigenvalue weighted by atomic mass is 9.33. The Morgan fingerprint density at radius 1 is 0.441 bits per heavy atom. The Balaban J connectivity index is 1.04. The Labute approximate surface area is 347 Å². The molecule has 0 aromatic heterocycles. The molecule has 2 fully saturated rings. The first-order valence-corrected chi connectivity index (χ1v) is 22.5. The highest BCUT2D eigenvalue weighted by Crippen LogP contribution is 2.64. The topological polar surface area (TPSA) is 9.72 Å². The SMILES string of the molecule is c1ccc2c(c1)-c1ccccc1C21c2ccccc2N(c2cc3c4c(c2)N2c5c(cccc5C5CCCCC52)B4c2cccc4c2N3C2CCCCC42)c2ccccc21. The van der Waals surface area contributed by atoms with Crippen molar-refractivity contribution in [2.75, 3.05) is 14.7 Å². The summed E-state index contributed by atoms with van der Waals surface area (Å²) in [5.74, 6) is 1.18. The normalized spacial score (nSPS) is 23.4. The summed E-state index contributed by atoms with van der Waals surface area (Å²) in [6.45, 7) is 0.238. The number of para-hydroxylation sites is 4. The lowest BCUT2D eigenvalue weighted by molar-refractivity contribution is 0.401. The summed E-state index contributed by atoms with van der Waals surface area (Å²) in [5.41, 5.74) is 25.4. The largest absolute Gasteiger partial charge is 0.338 e. The van der Waals surface area contributed by atoms with Crippen molar-refractivity contribution in [2.45, 2.75) is 80.7 Å². The van der Waals surface area contributed by atoms with E-state index < -0.39 is 5.41 Å². The molecule has 5 aliphatic heterocycles. The highest BCUT2D eigenvalue weighted by Gasteiger charge is 2.55. The number of fused-ring (bicyclic) bond motifs is 19. The number of nitrogens with zero attached hydrogens (tertiary/aromatic N) is 3. The Hall–Kier alpha value is -6.00. The summed E-state index contributed by atoms with van der Waals surface area (Å²) >= 11 is 0. The summed E-state index contributed by atoms with van der Waals surface area (Å²) in [7, 11) is 0. The molecule has 15 rings (SSSR count). The monoisotopic (exact) mass is 757 g/mol. The molecule has 7 aromatic carbocycles. The van der Waals surface area contributed by atoms with E-state index in [0.717, 1.165) is 0 Å². The molecule has 4 unspecified atom stereocenters. The van der Waals surface area contributed by atoms with E-state index in [1.54, 1.807) is 16.6 Å². The van der Waals surface area contributed by atoms with Gasteiger partial charge >= 0.3 is 0 Å². The molecule has 7 aromatic rings. The Morgan fingerprint density at radius 3 is 1.42 bits per heavy atom. The fourth-order valence-corrected chi connectivity index (χ4v) is 14.5. The summed E-state index contributed by atoms with van der Waals surface area (Å²) in [6.07, 6.45) is 10.4. The van der Waals surface area contributed by atoms with Crippen molar-refractivity contribution < 1.29 is 0 Å². The molecule has 0 N–H and O–H groups in total. The summed E-state index contributed by atoms with van der Waals surface area (Å²) in [4.78, 5) is 8.45. The molecule has 0 saturated heterocycles.